The Kier molecular flexibility index (Phi) is 3.09. The van der Waals surface area contributed by atoms with Crippen molar-refractivity contribution in [2.75, 3.05) is 5.73 Å². The van der Waals surface area contributed by atoms with Crippen LogP contribution >= 0.6 is 0 Å². The summed E-state index contributed by atoms with van der Waals surface area (Å²) in [5, 5.41) is 13.9. The molecule has 0 amide bonds. The molecule has 0 aliphatic rings. The normalized spacial score (nSPS) is 10.6. The van der Waals surface area contributed by atoms with Crippen LogP contribution in [0.2, 0.25) is 0 Å². The van der Waals surface area contributed by atoms with E-state index in [9.17, 15) is 5.11 Å². The van der Waals surface area contributed by atoms with Crippen LogP contribution in [-0.2, 0) is 6.54 Å². The molecule has 0 aliphatic carbocycles. The molecule has 1 heterocycles. The van der Waals surface area contributed by atoms with Gasteiger partial charge in [0, 0.05) is 11.3 Å². The molecule has 5 nitrogen and oxygen atoms in total. The zero-order chi connectivity index (χ0) is 13.9. The second kappa shape index (κ2) is 5.05. The zero-order valence-electron chi connectivity index (χ0n) is 10.8. The number of rotatable bonds is 3. The number of aromatic nitrogens is 3. The molecule has 0 radical (unpaired) electrons. The fraction of sp³-hybridized carbons (Fsp3) is 0.0667. The lowest BCUT2D eigenvalue weighted by Crippen LogP contribution is -2.00. The van der Waals surface area contributed by atoms with Gasteiger partial charge in [0.1, 0.15) is 12.1 Å². The molecule has 2 aromatic carbocycles. The number of hydrogen-bond donors (Lipinski definition) is 2. The highest BCUT2D eigenvalue weighted by molar-refractivity contribution is 5.60. The summed E-state index contributed by atoms with van der Waals surface area (Å²) in [4.78, 5) is 4.28. The fourth-order valence-corrected chi connectivity index (χ4v) is 2.02. The number of phenols is 1. The van der Waals surface area contributed by atoms with Gasteiger partial charge >= 0.3 is 0 Å². The van der Waals surface area contributed by atoms with E-state index in [1.54, 1.807) is 29.2 Å². The van der Waals surface area contributed by atoms with Crippen LogP contribution in [0, 0.1) is 0 Å². The quantitative estimate of drug-likeness (QED) is 0.713. The van der Waals surface area contributed by atoms with E-state index < -0.39 is 0 Å². The smallest absolute Gasteiger partial charge is 0.181 e. The monoisotopic (exact) mass is 266 g/mol. The Hall–Kier alpha value is -2.82. The van der Waals surface area contributed by atoms with Gasteiger partial charge in [0.05, 0.1) is 6.54 Å². The van der Waals surface area contributed by atoms with E-state index in [2.05, 4.69) is 10.1 Å². The molecule has 20 heavy (non-hydrogen) atoms. The minimum atomic E-state index is 0.249. The lowest BCUT2D eigenvalue weighted by molar-refractivity contribution is 0.474. The van der Waals surface area contributed by atoms with Crippen LogP contribution in [0.4, 0.5) is 5.69 Å². The van der Waals surface area contributed by atoms with Gasteiger partial charge in [-0.25, -0.2) is 9.67 Å². The lowest BCUT2D eigenvalue weighted by atomic mass is 10.2. The van der Waals surface area contributed by atoms with Crippen LogP contribution in [-0.4, -0.2) is 19.9 Å². The topological polar surface area (TPSA) is 77.0 Å². The molecule has 1 aromatic heterocycles. The van der Waals surface area contributed by atoms with Crippen molar-refractivity contribution in [1.29, 1.82) is 0 Å². The molecule has 3 aromatic rings. The maximum Gasteiger partial charge on any atom is 0.181 e. The average molecular weight is 266 g/mol. The van der Waals surface area contributed by atoms with Crippen molar-refractivity contribution in [2.24, 2.45) is 0 Å². The molecule has 0 saturated heterocycles. The van der Waals surface area contributed by atoms with E-state index in [4.69, 9.17) is 5.73 Å². The minimum Gasteiger partial charge on any atom is -0.508 e. The van der Waals surface area contributed by atoms with Crippen molar-refractivity contribution in [1.82, 2.24) is 14.8 Å². The van der Waals surface area contributed by atoms with Crippen LogP contribution in [0.5, 0.6) is 5.75 Å². The molecule has 100 valence electrons. The van der Waals surface area contributed by atoms with Gasteiger partial charge in [-0.1, -0.05) is 24.3 Å². The van der Waals surface area contributed by atoms with Crippen LogP contribution < -0.4 is 5.73 Å². The van der Waals surface area contributed by atoms with Crippen LogP contribution in [0.3, 0.4) is 0 Å². The zero-order valence-corrected chi connectivity index (χ0v) is 10.8. The molecule has 0 aliphatic heterocycles. The van der Waals surface area contributed by atoms with E-state index in [0.29, 0.717) is 18.1 Å². The molecule has 0 spiro atoms. The van der Waals surface area contributed by atoms with Crippen molar-refractivity contribution in [3.63, 3.8) is 0 Å². The summed E-state index contributed by atoms with van der Waals surface area (Å²) in [6, 6.07) is 14.6. The third kappa shape index (κ3) is 2.61. The Labute approximate surface area is 116 Å². The highest BCUT2D eigenvalue weighted by Gasteiger charge is 2.05. The second-order valence-electron chi connectivity index (χ2n) is 4.56. The first-order valence-corrected chi connectivity index (χ1v) is 6.24. The number of nitrogens with two attached hydrogens (primary N) is 1. The van der Waals surface area contributed by atoms with Crippen molar-refractivity contribution in [3.8, 4) is 17.1 Å². The number of phenolic OH excluding ortho intramolecular Hbond substituents is 1. The van der Waals surface area contributed by atoms with Gasteiger partial charge in [-0.3, -0.25) is 0 Å². The highest BCUT2D eigenvalue weighted by Crippen LogP contribution is 2.17. The highest BCUT2D eigenvalue weighted by atomic mass is 16.3. The number of hydrogen-bond acceptors (Lipinski definition) is 4. The Bertz CT molecular complexity index is 736. The first kappa shape index (κ1) is 12.2. The summed E-state index contributed by atoms with van der Waals surface area (Å²) in [7, 11) is 0. The van der Waals surface area contributed by atoms with E-state index in [0.717, 1.165) is 11.1 Å². The van der Waals surface area contributed by atoms with Crippen molar-refractivity contribution in [2.45, 2.75) is 6.54 Å². The second-order valence-corrected chi connectivity index (χ2v) is 4.56. The first-order valence-electron chi connectivity index (χ1n) is 6.24. The summed E-state index contributed by atoms with van der Waals surface area (Å²) in [5.41, 5.74) is 8.29. The van der Waals surface area contributed by atoms with E-state index >= 15 is 0 Å². The van der Waals surface area contributed by atoms with Gasteiger partial charge in [-0.2, -0.15) is 5.10 Å². The Morgan fingerprint density at radius 3 is 2.75 bits per heavy atom. The van der Waals surface area contributed by atoms with E-state index in [-0.39, 0.29) is 5.75 Å². The molecule has 3 rings (SSSR count). The summed E-state index contributed by atoms with van der Waals surface area (Å²) in [6.07, 6.45) is 1.67. The minimum absolute atomic E-state index is 0.249. The molecule has 0 bridgehead atoms. The number of nitrogen functional groups attached to an aromatic ring is 1. The Morgan fingerprint density at radius 1 is 1.10 bits per heavy atom. The third-order valence-electron chi connectivity index (χ3n) is 2.94. The molecule has 0 fully saturated rings. The van der Waals surface area contributed by atoms with Gasteiger partial charge < -0.3 is 10.8 Å². The summed E-state index contributed by atoms with van der Waals surface area (Å²) < 4.78 is 1.73. The maximum absolute atomic E-state index is 9.45. The molecular weight excluding hydrogens is 252 g/mol. The summed E-state index contributed by atoms with van der Waals surface area (Å²) in [5.74, 6) is 0.885. The predicted octanol–water partition coefficient (Wildman–Crippen LogP) is 2.28. The Morgan fingerprint density at radius 2 is 1.95 bits per heavy atom. The van der Waals surface area contributed by atoms with Gasteiger partial charge in [0.2, 0.25) is 0 Å². The van der Waals surface area contributed by atoms with E-state index in [1.165, 1.54) is 0 Å². The van der Waals surface area contributed by atoms with Crippen LogP contribution in [0.1, 0.15) is 5.56 Å². The molecule has 0 unspecified atom stereocenters. The third-order valence-corrected chi connectivity index (χ3v) is 2.94. The number of benzene rings is 2. The van der Waals surface area contributed by atoms with E-state index in [1.807, 2.05) is 30.3 Å². The number of nitrogens with zero attached hydrogens (tertiary/aromatic N) is 3. The SMILES string of the molecule is Nc1cccc(-c2ncn(Cc3cccc(O)c3)n2)c1. The summed E-state index contributed by atoms with van der Waals surface area (Å²) >= 11 is 0. The standard InChI is InChI=1S/C15H14N4O/c16-13-5-2-4-12(8-13)15-17-10-19(18-15)9-11-3-1-6-14(20)7-11/h1-8,10,20H,9,16H2. The van der Waals surface area contributed by atoms with Crippen molar-refractivity contribution >= 4 is 5.69 Å². The summed E-state index contributed by atoms with van der Waals surface area (Å²) in [6.45, 7) is 0.559. The van der Waals surface area contributed by atoms with Gasteiger partial charge in [-0.15, -0.1) is 0 Å². The van der Waals surface area contributed by atoms with Crippen LogP contribution in [0.15, 0.2) is 54.9 Å². The number of anilines is 1. The van der Waals surface area contributed by atoms with Gasteiger partial charge in [0.15, 0.2) is 5.82 Å². The molecule has 5 heteroatoms. The lowest BCUT2D eigenvalue weighted by Gasteiger charge is -2.01. The maximum atomic E-state index is 9.45. The molecular formula is C15H14N4O. The van der Waals surface area contributed by atoms with Crippen molar-refractivity contribution in [3.05, 3.63) is 60.4 Å². The Balaban J connectivity index is 1.84. The van der Waals surface area contributed by atoms with Crippen LogP contribution in [0.25, 0.3) is 11.4 Å². The predicted molar refractivity (Wildman–Crippen MR) is 77.1 cm³/mol. The van der Waals surface area contributed by atoms with Gasteiger partial charge in [0.25, 0.3) is 0 Å². The van der Waals surface area contributed by atoms with Crippen molar-refractivity contribution < 1.29 is 5.11 Å². The molecule has 3 N–H and O–H groups in total. The molecule has 0 saturated carbocycles. The number of aromatic hydroxyl groups is 1. The molecule has 0 atom stereocenters. The first-order chi connectivity index (χ1) is 9.70. The fourth-order valence-electron chi connectivity index (χ4n) is 2.02. The van der Waals surface area contributed by atoms with Gasteiger partial charge in [-0.05, 0) is 29.8 Å². The largest absolute Gasteiger partial charge is 0.508 e. The average Bonchev–Trinajstić information content (AvgIpc) is 2.87.